The highest BCUT2D eigenvalue weighted by molar-refractivity contribution is 5.96. The molecule has 0 aromatic heterocycles. The fraction of sp³-hybridized carbons (Fsp3) is 0.800. The minimum absolute atomic E-state index is 0.327. The second-order valence-electron chi connectivity index (χ2n) is 4.94. The molecule has 3 atom stereocenters. The Hall–Kier alpha value is -0.900. The third-order valence-electron chi connectivity index (χ3n) is 4.24. The van der Waals surface area contributed by atoms with Crippen LogP contribution in [0.4, 0.5) is 0 Å². The van der Waals surface area contributed by atoms with E-state index in [1.165, 1.54) is 0 Å². The Morgan fingerprint density at radius 1 is 1.36 bits per heavy atom. The maximum Gasteiger partial charge on any atom is 0.322 e. The molecule has 0 amide bonds. The van der Waals surface area contributed by atoms with E-state index in [0.29, 0.717) is 6.42 Å². The van der Waals surface area contributed by atoms with Gasteiger partial charge >= 0.3 is 11.9 Å². The summed E-state index contributed by atoms with van der Waals surface area (Å²) in [5.41, 5.74) is -1.45. The number of hydrogen-bond acceptors (Lipinski definition) is 4. The highest BCUT2D eigenvalue weighted by Crippen LogP contribution is 2.59. The molecular weight excluding hydrogens is 184 g/mol. The molecule has 2 aliphatic rings. The van der Waals surface area contributed by atoms with Crippen molar-refractivity contribution in [2.24, 2.45) is 16.7 Å². The van der Waals surface area contributed by atoms with Crippen LogP contribution in [0.1, 0.15) is 27.2 Å². The summed E-state index contributed by atoms with van der Waals surface area (Å²) in [6, 6.07) is 0. The van der Waals surface area contributed by atoms with E-state index < -0.39 is 28.9 Å². The summed E-state index contributed by atoms with van der Waals surface area (Å²) in [5, 5.41) is 9.83. The van der Waals surface area contributed by atoms with E-state index in [4.69, 9.17) is 0 Å². The van der Waals surface area contributed by atoms with Crippen molar-refractivity contribution in [1.82, 2.24) is 0 Å². The molecule has 0 aromatic rings. The number of aliphatic hydroxyl groups excluding tert-OH is 1. The van der Waals surface area contributed by atoms with Crippen LogP contribution in [0.5, 0.6) is 0 Å². The van der Waals surface area contributed by atoms with Gasteiger partial charge in [0.15, 0.2) is 0 Å². The zero-order chi connectivity index (χ0) is 10.7. The van der Waals surface area contributed by atoms with Crippen LogP contribution in [0.15, 0.2) is 0 Å². The fourth-order valence-electron chi connectivity index (χ4n) is 2.60. The molecule has 0 radical (unpaired) electrons. The number of carbonyl (C=O) groups is 2. The van der Waals surface area contributed by atoms with Gasteiger partial charge in [0.05, 0.1) is 17.4 Å². The van der Waals surface area contributed by atoms with Crippen molar-refractivity contribution in [2.45, 2.75) is 33.3 Å². The van der Waals surface area contributed by atoms with E-state index in [1.807, 2.05) is 13.8 Å². The van der Waals surface area contributed by atoms with Crippen LogP contribution in [-0.4, -0.2) is 23.1 Å². The van der Waals surface area contributed by atoms with Crippen molar-refractivity contribution in [3.05, 3.63) is 0 Å². The molecule has 1 saturated carbocycles. The molecule has 1 N–H and O–H groups in total. The molecule has 1 heterocycles. The quantitative estimate of drug-likeness (QED) is 0.454. The topological polar surface area (TPSA) is 63.6 Å². The average Bonchev–Trinajstić information content (AvgIpc) is 2.19. The number of esters is 2. The van der Waals surface area contributed by atoms with Gasteiger partial charge in [-0.2, -0.15) is 0 Å². The molecule has 1 aliphatic heterocycles. The van der Waals surface area contributed by atoms with Gasteiger partial charge < -0.3 is 9.84 Å². The first-order chi connectivity index (χ1) is 6.31. The molecule has 0 aromatic carbocycles. The predicted molar refractivity (Wildman–Crippen MR) is 47.1 cm³/mol. The SMILES string of the molecule is CC1(C)C2CC(O)C1(C)C(=O)OC2=O. The average molecular weight is 198 g/mol. The number of hydrogen-bond donors (Lipinski definition) is 1. The summed E-state index contributed by atoms with van der Waals surface area (Å²) in [7, 11) is 0. The van der Waals surface area contributed by atoms with Gasteiger partial charge in [0.2, 0.25) is 0 Å². The Labute approximate surface area is 82.2 Å². The zero-order valence-electron chi connectivity index (χ0n) is 8.53. The van der Waals surface area contributed by atoms with Crippen LogP contribution < -0.4 is 0 Å². The molecular formula is C10H14O4. The van der Waals surface area contributed by atoms with Crippen molar-refractivity contribution in [3.63, 3.8) is 0 Å². The Morgan fingerprint density at radius 3 is 2.50 bits per heavy atom. The van der Waals surface area contributed by atoms with Gasteiger partial charge in [0.1, 0.15) is 0 Å². The second kappa shape index (κ2) is 2.37. The highest BCUT2D eigenvalue weighted by atomic mass is 16.6. The molecule has 2 bridgehead atoms. The number of fused-ring (bicyclic) bond motifs is 2. The minimum atomic E-state index is -0.939. The summed E-state index contributed by atoms with van der Waals surface area (Å²) in [6.07, 6.45) is -0.449. The fourth-order valence-corrected chi connectivity index (χ4v) is 2.60. The highest BCUT2D eigenvalue weighted by Gasteiger charge is 2.68. The minimum Gasteiger partial charge on any atom is -0.392 e. The zero-order valence-corrected chi connectivity index (χ0v) is 8.53. The van der Waals surface area contributed by atoms with E-state index in [0.717, 1.165) is 0 Å². The molecule has 1 aliphatic carbocycles. The van der Waals surface area contributed by atoms with Crippen LogP contribution >= 0.6 is 0 Å². The lowest BCUT2D eigenvalue weighted by molar-refractivity contribution is -0.188. The Balaban J connectivity index is 2.57. The lowest BCUT2D eigenvalue weighted by Gasteiger charge is -2.42. The van der Waals surface area contributed by atoms with Crippen molar-refractivity contribution in [2.75, 3.05) is 0 Å². The first-order valence-corrected chi connectivity index (χ1v) is 4.76. The monoisotopic (exact) mass is 198 g/mol. The second-order valence-corrected chi connectivity index (χ2v) is 4.94. The maximum absolute atomic E-state index is 11.6. The molecule has 3 unspecified atom stereocenters. The van der Waals surface area contributed by atoms with Gasteiger partial charge in [0, 0.05) is 0 Å². The summed E-state index contributed by atoms with van der Waals surface area (Å²) < 4.78 is 4.64. The van der Waals surface area contributed by atoms with Crippen LogP contribution in [0.3, 0.4) is 0 Å². The Kier molecular flexibility index (Phi) is 1.63. The van der Waals surface area contributed by atoms with E-state index in [-0.39, 0.29) is 5.92 Å². The van der Waals surface area contributed by atoms with Crippen LogP contribution in [0.2, 0.25) is 0 Å². The third kappa shape index (κ3) is 0.780. The first kappa shape index (κ1) is 9.65. The molecule has 78 valence electrons. The normalized spacial score (nSPS) is 45.1. The van der Waals surface area contributed by atoms with E-state index in [2.05, 4.69) is 4.74 Å². The van der Waals surface area contributed by atoms with Crippen molar-refractivity contribution < 1.29 is 19.4 Å². The van der Waals surface area contributed by atoms with Gasteiger partial charge in [-0.15, -0.1) is 0 Å². The molecule has 2 rings (SSSR count). The van der Waals surface area contributed by atoms with E-state index in [9.17, 15) is 14.7 Å². The smallest absolute Gasteiger partial charge is 0.322 e. The van der Waals surface area contributed by atoms with Crippen LogP contribution in [-0.2, 0) is 14.3 Å². The van der Waals surface area contributed by atoms with Gasteiger partial charge in [-0.25, -0.2) is 0 Å². The number of cyclic esters (lactones) is 2. The van der Waals surface area contributed by atoms with Crippen molar-refractivity contribution >= 4 is 11.9 Å². The first-order valence-electron chi connectivity index (χ1n) is 4.76. The number of aliphatic hydroxyl groups is 1. The van der Waals surface area contributed by atoms with Gasteiger partial charge in [0.25, 0.3) is 0 Å². The van der Waals surface area contributed by atoms with Gasteiger partial charge in [-0.1, -0.05) is 13.8 Å². The number of carbonyl (C=O) groups excluding carboxylic acids is 2. The molecule has 0 spiro atoms. The largest absolute Gasteiger partial charge is 0.392 e. The molecule has 4 heteroatoms. The van der Waals surface area contributed by atoms with E-state index >= 15 is 0 Å². The molecule has 2 fully saturated rings. The van der Waals surface area contributed by atoms with Gasteiger partial charge in [-0.05, 0) is 18.8 Å². The van der Waals surface area contributed by atoms with Gasteiger partial charge in [-0.3, -0.25) is 9.59 Å². The molecule has 1 saturated heterocycles. The lowest BCUT2D eigenvalue weighted by Crippen LogP contribution is -2.53. The van der Waals surface area contributed by atoms with Crippen molar-refractivity contribution in [3.8, 4) is 0 Å². The summed E-state index contributed by atoms with van der Waals surface area (Å²) in [5.74, 6) is -1.44. The van der Waals surface area contributed by atoms with E-state index in [1.54, 1.807) is 6.92 Å². The van der Waals surface area contributed by atoms with Crippen LogP contribution in [0, 0.1) is 16.7 Å². The Morgan fingerprint density at radius 2 is 1.93 bits per heavy atom. The number of rotatable bonds is 0. The van der Waals surface area contributed by atoms with Crippen LogP contribution in [0.25, 0.3) is 0 Å². The Bertz CT molecular complexity index is 320. The molecule has 14 heavy (non-hydrogen) atoms. The summed E-state index contributed by atoms with van der Waals surface area (Å²) in [6.45, 7) is 5.35. The third-order valence-corrected chi connectivity index (χ3v) is 4.24. The summed E-state index contributed by atoms with van der Waals surface area (Å²) >= 11 is 0. The van der Waals surface area contributed by atoms with Crippen molar-refractivity contribution in [1.29, 1.82) is 0 Å². The standard InChI is InChI=1S/C10H14O4/c1-9(2)5-4-6(11)10(9,3)8(13)14-7(5)12/h5-6,11H,4H2,1-3H3. The number of ether oxygens (including phenoxy) is 1. The maximum atomic E-state index is 11.6. The molecule has 4 nitrogen and oxygen atoms in total. The lowest BCUT2D eigenvalue weighted by atomic mass is 9.64. The predicted octanol–water partition coefficient (Wildman–Crippen LogP) is 0.483. The summed E-state index contributed by atoms with van der Waals surface area (Å²) in [4.78, 5) is 23.0.